The van der Waals surface area contributed by atoms with Crippen molar-refractivity contribution in [3.05, 3.63) is 96.1 Å². The molecule has 2 nitrogen and oxygen atoms in total. The van der Waals surface area contributed by atoms with Crippen molar-refractivity contribution in [2.45, 2.75) is 26.9 Å². The lowest BCUT2D eigenvalue weighted by atomic mass is 10.1. The molecule has 2 aromatic heterocycles. The van der Waals surface area contributed by atoms with E-state index in [9.17, 15) is 0 Å². The highest BCUT2D eigenvalue weighted by Crippen LogP contribution is 2.32. The van der Waals surface area contributed by atoms with Gasteiger partial charge in [-0.15, -0.1) is 0 Å². The van der Waals surface area contributed by atoms with E-state index >= 15 is 0 Å². The normalized spacial score (nSPS) is 12.2. The third-order valence-electron chi connectivity index (χ3n) is 6.69. The van der Waals surface area contributed by atoms with E-state index < -0.39 is 0 Å². The van der Waals surface area contributed by atoms with Crippen LogP contribution in [-0.4, -0.2) is 9.13 Å². The van der Waals surface area contributed by atoms with Crippen molar-refractivity contribution < 1.29 is 0 Å². The zero-order valence-corrected chi connectivity index (χ0v) is 18.5. The Kier molecular flexibility index (Phi) is 4.39. The van der Waals surface area contributed by atoms with Gasteiger partial charge in [0.15, 0.2) is 0 Å². The molecule has 6 rings (SSSR count). The molecule has 0 unspecified atom stereocenters. The number of para-hydroxylation sites is 2. The van der Waals surface area contributed by atoms with Crippen molar-refractivity contribution in [1.29, 1.82) is 0 Å². The van der Waals surface area contributed by atoms with Crippen molar-refractivity contribution >= 4 is 55.8 Å². The Morgan fingerprint density at radius 3 is 1.34 bits per heavy atom. The first kappa shape index (κ1) is 18.9. The second-order valence-electron chi connectivity index (χ2n) is 8.41. The van der Waals surface area contributed by atoms with Crippen molar-refractivity contribution in [2.75, 3.05) is 0 Å². The summed E-state index contributed by atoms with van der Waals surface area (Å²) in [5.41, 5.74) is 7.69. The number of aryl methyl sites for hydroxylation is 2. The van der Waals surface area contributed by atoms with Crippen LogP contribution in [0.4, 0.5) is 0 Å². The van der Waals surface area contributed by atoms with Crippen LogP contribution in [0.5, 0.6) is 0 Å². The molecular formula is C30H26N2. The maximum atomic E-state index is 2.40. The first-order valence-corrected chi connectivity index (χ1v) is 11.5. The highest BCUT2D eigenvalue weighted by molar-refractivity contribution is 6.10. The summed E-state index contributed by atoms with van der Waals surface area (Å²) >= 11 is 0. The lowest BCUT2D eigenvalue weighted by Crippen LogP contribution is -1.92. The molecule has 0 atom stereocenters. The van der Waals surface area contributed by atoms with Gasteiger partial charge in [0.25, 0.3) is 0 Å². The van der Waals surface area contributed by atoms with Crippen LogP contribution in [-0.2, 0) is 13.1 Å². The average Bonchev–Trinajstić information content (AvgIpc) is 3.34. The molecule has 0 saturated heterocycles. The monoisotopic (exact) mass is 414 g/mol. The van der Waals surface area contributed by atoms with Gasteiger partial charge in [-0.05, 0) is 61.4 Å². The molecule has 0 fully saturated rings. The van der Waals surface area contributed by atoms with E-state index in [2.05, 4.69) is 120 Å². The topological polar surface area (TPSA) is 9.86 Å². The molecular weight excluding hydrogens is 388 g/mol. The van der Waals surface area contributed by atoms with Gasteiger partial charge >= 0.3 is 0 Å². The summed E-state index contributed by atoms with van der Waals surface area (Å²) in [5.74, 6) is 0. The molecule has 0 aliphatic heterocycles. The maximum Gasteiger partial charge on any atom is 0.0491 e. The van der Waals surface area contributed by atoms with Gasteiger partial charge in [0.05, 0.1) is 0 Å². The zero-order chi connectivity index (χ0) is 21.7. The summed E-state index contributed by atoms with van der Waals surface area (Å²) in [5, 5.41) is 5.30. The van der Waals surface area contributed by atoms with Gasteiger partial charge in [0, 0.05) is 56.7 Å². The fourth-order valence-electron chi connectivity index (χ4n) is 5.22. The quantitative estimate of drug-likeness (QED) is 0.258. The molecule has 2 heteroatoms. The number of benzene rings is 4. The Morgan fingerprint density at radius 2 is 0.906 bits per heavy atom. The van der Waals surface area contributed by atoms with Gasteiger partial charge in [-0.3, -0.25) is 0 Å². The predicted octanol–water partition coefficient (Wildman–Crippen LogP) is 8.11. The summed E-state index contributed by atoms with van der Waals surface area (Å²) in [6.07, 6.45) is 4.47. The summed E-state index contributed by atoms with van der Waals surface area (Å²) in [7, 11) is 0. The number of hydrogen-bond acceptors (Lipinski definition) is 0. The summed E-state index contributed by atoms with van der Waals surface area (Å²) in [6.45, 7) is 6.38. The second kappa shape index (κ2) is 7.42. The highest BCUT2D eigenvalue weighted by Gasteiger charge is 2.10. The van der Waals surface area contributed by atoms with Crippen molar-refractivity contribution in [3.8, 4) is 0 Å². The predicted molar refractivity (Wildman–Crippen MR) is 139 cm³/mol. The first-order chi connectivity index (χ1) is 15.8. The number of hydrogen-bond donors (Lipinski definition) is 0. The molecule has 156 valence electrons. The summed E-state index contributed by atoms with van der Waals surface area (Å²) < 4.78 is 4.80. The molecule has 6 aromatic rings. The van der Waals surface area contributed by atoms with Crippen molar-refractivity contribution in [2.24, 2.45) is 0 Å². The van der Waals surface area contributed by atoms with E-state index in [1.54, 1.807) is 0 Å². The maximum absolute atomic E-state index is 2.40. The van der Waals surface area contributed by atoms with Crippen LogP contribution in [0.2, 0.25) is 0 Å². The van der Waals surface area contributed by atoms with Crippen LogP contribution >= 0.6 is 0 Å². The molecule has 0 aliphatic carbocycles. The number of aromatic nitrogens is 2. The third kappa shape index (κ3) is 2.80. The second-order valence-corrected chi connectivity index (χ2v) is 8.41. The molecule has 0 aliphatic rings. The van der Waals surface area contributed by atoms with Crippen LogP contribution < -0.4 is 0 Å². The molecule has 0 amide bonds. The van der Waals surface area contributed by atoms with Crippen LogP contribution in [0, 0.1) is 0 Å². The highest BCUT2D eigenvalue weighted by atomic mass is 15.0. The molecule has 4 aromatic carbocycles. The molecule has 0 saturated carbocycles. The first-order valence-electron chi connectivity index (χ1n) is 11.5. The van der Waals surface area contributed by atoms with Gasteiger partial charge in [-0.25, -0.2) is 0 Å². The summed E-state index contributed by atoms with van der Waals surface area (Å²) in [6, 6.07) is 31.0. The van der Waals surface area contributed by atoms with E-state index in [1.807, 2.05) is 0 Å². The molecule has 0 radical (unpaired) electrons. The van der Waals surface area contributed by atoms with E-state index in [1.165, 1.54) is 54.7 Å². The lowest BCUT2D eigenvalue weighted by molar-refractivity contribution is 0.827. The minimum absolute atomic E-state index is 0.977. The molecule has 0 spiro atoms. The summed E-state index contributed by atoms with van der Waals surface area (Å²) in [4.78, 5) is 0. The average molecular weight is 415 g/mol. The zero-order valence-electron chi connectivity index (χ0n) is 18.5. The fraction of sp³-hybridized carbons (Fsp3) is 0.133. The smallest absolute Gasteiger partial charge is 0.0491 e. The van der Waals surface area contributed by atoms with Crippen molar-refractivity contribution in [3.63, 3.8) is 0 Å². The van der Waals surface area contributed by atoms with E-state index in [0.717, 1.165) is 13.1 Å². The van der Waals surface area contributed by atoms with E-state index in [-0.39, 0.29) is 0 Å². The van der Waals surface area contributed by atoms with Crippen molar-refractivity contribution in [1.82, 2.24) is 9.13 Å². The Hall–Kier alpha value is -3.78. The fourth-order valence-corrected chi connectivity index (χ4v) is 5.22. The Bertz CT molecular complexity index is 1520. The SMILES string of the molecule is CCn1c2ccccc2c2cc(/C=C/c3ccc4c(c3)c3ccccc3n4CC)ccc21. The number of nitrogens with zero attached hydrogens (tertiary/aromatic N) is 2. The van der Waals surface area contributed by atoms with Crippen LogP contribution in [0.15, 0.2) is 84.9 Å². The minimum Gasteiger partial charge on any atom is -0.341 e. The Balaban J connectivity index is 1.44. The van der Waals surface area contributed by atoms with Gasteiger partial charge < -0.3 is 9.13 Å². The standard InChI is InChI=1S/C30H26N2/c1-3-31-27-11-7-5-9-23(27)25-19-21(15-17-29(25)31)13-14-22-16-18-30-26(20-22)24-10-6-8-12-28(24)32(30)4-2/h5-20H,3-4H2,1-2H3/b14-13+. The third-order valence-corrected chi connectivity index (χ3v) is 6.69. The van der Waals surface area contributed by atoms with Crippen LogP contribution in [0.25, 0.3) is 55.8 Å². The molecule has 0 bridgehead atoms. The van der Waals surface area contributed by atoms with Gasteiger partial charge in [-0.1, -0.05) is 60.7 Å². The number of rotatable bonds is 4. The van der Waals surface area contributed by atoms with Gasteiger partial charge in [0.2, 0.25) is 0 Å². The van der Waals surface area contributed by atoms with Gasteiger partial charge in [0.1, 0.15) is 0 Å². The molecule has 0 N–H and O–H groups in total. The largest absolute Gasteiger partial charge is 0.341 e. The minimum atomic E-state index is 0.977. The number of fused-ring (bicyclic) bond motifs is 6. The van der Waals surface area contributed by atoms with E-state index in [4.69, 9.17) is 0 Å². The Labute approximate surface area is 188 Å². The van der Waals surface area contributed by atoms with Crippen LogP contribution in [0.1, 0.15) is 25.0 Å². The van der Waals surface area contributed by atoms with Crippen LogP contribution in [0.3, 0.4) is 0 Å². The van der Waals surface area contributed by atoms with E-state index in [0.29, 0.717) is 0 Å². The molecule has 32 heavy (non-hydrogen) atoms. The molecule has 2 heterocycles. The van der Waals surface area contributed by atoms with Gasteiger partial charge in [-0.2, -0.15) is 0 Å². The Morgan fingerprint density at radius 1 is 0.500 bits per heavy atom. The lowest BCUT2D eigenvalue weighted by Gasteiger charge is -2.03.